The maximum Gasteiger partial charge on any atom is 0.0594 e. The highest BCUT2D eigenvalue weighted by Crippen LogP contribution is 2.42. The molecule has 2 aliphatic carbocycles. The number of morpholine rings is 1. The molecule has 3 nitrogen and oxygen atoms in total. The predicted octanol–water partition coefficient (Wildman–Crippen LogP) is 3.19. The summed E-state index contributed by atoms with van der Waals surface area (Å²) < 4.78 is 5.62. The molecule has 0 radical (unpaired) electrons. The summed E-state index contributed by atoms with van der Waals surface area (Å²) in [6.45, 7) is 7.56. The van der Waals surface area contributed by atoms with Crippen molar-refractivity contribution in [2.75, 3.05) is 32.8 Å². The van der Waals surface area contributed by atoms with E-state index >= 15 is 0 Å². The lowest BCUT2D eigenvalue weighted by molar-refractivity contribution is -0.0386. The van der Waals surface area contributed by atoms with Crippen LogP contribution in [0.5, 0.6) is 0 Å². The van der Waals surface area contributed by atoms with E-state index in [9.17, 15) is 0 Å². The van der Waals surface area contributed by atoms with Gasteiger partial charge in [0.05, 0.1) is 13.2 Å². The summed E-state index contributed by atoms with van der Waals surface area (Å²) in [6.07, 6.45) is 12.9. The summed E-state index contributed by atoms with van der Waals surface area (Å²) in [6, 6.07) is 0.700. The minimum atomic E-state index is 0.433. The topological polar surface area (TPSA) is 24.5 Å². The normalized spacial score (nSPS) is 29.0. The van der Waals surface area contributed by atoms with Gasteiger partial charge in [-0.1, -0.05) is 45.4 Å². The van der Waals surface area contributed by atoms with Crippen molar-refractivity contribution in [1.82, 2.24) is 10.2 Å². The van der Waals surface area contributed by atoms with Gasteiger partial charge in [0.1, 0.15) is 0 Å². The minimum absolute atomic E-state index is 0.433. The standard InChI is InChI=1S/C18H34N2O/c1-2-19-17(15-16-7-3-4-8-16)18(9-5-6-10-18)20-11-13-21-14-12-20/h16-17,19H,2-15H2,1H3. The van der Waals surface area contributed by atoms with E-state index in [4.69, 9.17) is 4.74 Å². The van der Waals surface area contributed by atoms with Crippen LogP contribution in [-0.2, 0) is 4.74 Å². The molecular weight excluding hydrogens is 260 g/mol. The molecule has 3 fully saturated rings. The van der Waals surface area contributed by atoms with Crippen LogP contribution in [0, 0.1) is 5.92 Å². The number of nitrogens with one attached hydrogen (secondary N) is 1. The van der Waals surface area contributed by atoms with Gasteiger partial charge in [0.25, 0.3) is 0 Å². The molecule has 2 saturated carbocycles. The SMILES string of the molecule is CCNC(CC1CCCC1)C1(N2CCOCC2)CCCC1. The van der Waals surface area contributed by atoms with Crippen molar-refractivity contribution >= 4 is 0 Å². The second kappa shape index (κ2) is 7.43. The molecule has 1 aliphatic heterocycles. The lowest BCUT2D eigenvalue weighted by Gasteiger charge is -2.49. The lowest BCUT2D eigenvalue weighted by Crippen LogP contribution is -2.62. The second-order valence-electron chi connectivity index (χ2n) is 7.41. The molecule has 0 amide bonds. The highest BCUT2D eigenvalue weighted by Gasteiger charge is 2.46. The van der Waals surface area contributed by atoms with Crippen molar-refractivity contribution in [3.63, 3.8) is 0 Å². The van der Waals surface area contributed by atoms with E-state index < -0.39 is 0 Å². The van der Waals surface area contributed by atoms with Crippen LogP contribution >= 0.6 is 0 Å². The van der Waals surface area contributed by atoms with E-state index in [0.29, 0.717) is 11.6 Å². The summed E-state index contributed by atoms with van der Waals surface area (Å²) in [5, 5.41) is 3.91. The zero-order valence-electron chi connectivity index (χ0n) is 13.9. The third-order valence-electron chi connectivity index (χ3n) is 6.25. The van der Waals surface area contributed by atoms with Gasteiger partial charge in [0.2, 0.25) is 0 Å². The maximum absolute atomic E-state index is 5.62. The van der Waals surface area contributed by atoms with E-state index in [2.05, 4.69) is 17.1 Å². The number of likely N-dealkylation sites (N-methyl/N-ethyl adjacent to an activating group) is 1. The first-order valence-electron chi connectivity index (χ1n) is 9.41. The molecule has 3 rings (SSSR count). The molecule has 0 spiro atoms. The Morgan fingerprint density at radius 2 is 1.76 bits per heavy atom. The second-order valence-corrected chi connectivity index (χ2v) is 7.41. The molecule has 122 valence electrons. The van der Waals surface area contributed by atoms with E-state index in [1.165, 1.54) is 57.8 Å². The molecule has 0 aromatic carbocycles. The van der Waals surface area contributed by atoms with Crippen molar-refractivity contribution in [2.45, 2.75) is 76.3 Å². The third kappa shape index (κ3) is 3.46. The predicted molar refractivity (Wildman–Crippen MR) is 87.6 cm³/mol. The largest absolute Gasteiger partial charge is 0.379 e. The first-order valence-corrected chi connectivity index (χ1v) is 9.41. The molecule has 3 heteroatoms. The zero-order valence-corrected chi connectivity index (χ0v) is 13.9. The number of rotatable bonds is 6. The van der Waals surface area contributed by atoms with Crippen LogP contribution in [0.25, 0.3) is 0 Å². The molecule has 1 atom stereocenters. The number of ether oxygens (including phenoxy) is 1. The van der Waals surface area contributed by atoms with Crippen LogP contribution < -0.4 is 5.32 Å². The van der Waals surface area contributed by atoms with Gasteiger partial charge in [-0.05, 0) is 31.7 Å². The summed E-state index contributed by atoms with van der Waals surface area (Å²) in [5.41, 5.74) is 0.433. The smallest absolute Gasteiger partial charge is 0.0594 e. The van der Waals surface area contributed by atoms with Crippen LogP contribution in [0.4, 0.5) is 0 Å². The van der Waals surface area contributed by atoms with Crippen molar-refractivity contribution in [1.29, 1.82) is 0 Å². The first kappa shape index (κ1) is 15.8. The Hall–Kier alpha value is -0.120. The number of nitrogens with zero attached hydrogens (tertiary/aromatic N) is 1. The molecule has 0 aromatic rings. The van der Waals surface area contributed by atoms with Gasteiger partial charge < -0.3 is 10.1 Å². The van der Waals surface area contributed by atoms with Crippen LogP contribution in [0.3, 0.4) is 0 Å². The Bertz CT molecular complexity index is 302. The van der Waals surface area contributed by atoms with Crippen LogP contribution in [-0.4, -0.2) is 49.3 Å². The molecule has 0 bridgehead atoms. The third-order valence-corrected chi connectivity index (χ3v) is 6.25. The lowest BCUT2D eigenvalue weighted by atomic mass is 9.80. The Labute approximate surface area is 130 Å². The summed E-state index contributed by atoms with van der Waals surface area (Å²) in [4.78, 5) is 2.80. The van der Waals surface area contributed by atoms with Gasteiger partial charge in [0, 0.05) is 24.7 Å². The van der Waals surface area contributed by atoms with E-state index in [-0.39, 0.29) is 0 Å². The first-order chi connectivity index (χ1) is 10.3. The summed E-state index contributed by atoms with van der Waals surface area (Å²) in [5.74, 6) is 0.979. The van der Waals surface area contributed by atoms with Gasteiger partial charge in [-0.2, -0.15) is 0 Å². The average molecular weight is 294 g/mol. The summed E-state index contributed by atoms with van der Waals surface area (Å²) >= 11 is 0. The maximum atomic E-state index is 5.62. The molecule has 1 N–H and O–H groups in total. The van der Waals surface area contributed by atoms with Gasteiger partial charge >= 0.3 is 0 Å². The van der Waals surface area contributed by atoms with Gasteiger partial charge in [-0.25, -0.2) is 0 Å². The Morgan fingerprint density at radius 1 is 1.10 bits per heavy atom. The highest BCUT2D eigenvalue weighted by atomic mass is 16.5. The molecule has 1 saturated heterocycles. The number of hydrogen-bond acceptors (Lipinski definition) is 3. The summed E-state index contributed by atoms with van der Waals surface area (Å²) in [7, 11) is 0. The highest BCUT2D eigenvalue weighted by molar-refractivity contribution is 5.04. The molecular formula is C18H34N2O. The fraction of sp³-hybridized carbons (Fsp3) is 1.00. The zero-order chi connectivity index (χ0) is 14.5. The Balaban J connectivity index is 1.74. The Kier molecular flexibility index (Phi) is 5.58. The monoisotopic (exact) mass is 294 g/mol. The van der Waals surface area contributed by atoms with Gasteiger partial charge in [-0.15, -0.1) is 0 Å². The fourth-order valence-electron chi connectivity index (χ4n) is 5.20. The minimum Gasteiger partial charge on any atom is -0.379 e. The fourth-order valence-corrected chi connectivity index (χ4v) is 5.20. The molecule has 1 unspecified atom stereocenters. The molecule has 3 aliphatic rings. The molecule has 1 heterocycles. The van der Waals surface area contributed by atoms with Crippen molar-refractivity contribution in [3.8, 4) is 0 Å². The molecule has 0 aromatic heterocycles. The van der Waals surface area contributed by atoms with E-state index in [0.717, 1.165) is 38.8 Å². The van der Waals surface area contributed by atoms with Crippen molar-refractivity contribution in [3.05, 3.63) is 0 Å². The van der Waals surface area contributed by atoms with Crippen LogP contribution in [0.1, 0.15) is 64.7 Å². The quantitative estimate of drug-likeness (QED) is 0.814. The van der Waals surface area contributed by atoms with E-state index in [1.807, 2.05) is 0 Å². The number of hydrogen-bond donors (Lipinski definition) is 1. The van der Waals surface area contributed by atoms with E-state index in [1.54, 1.807) is 0 Å². The van der Waals surface area contributed by atoms with Crippen LogP contribution in [0.2, 0.25) is 0 Å². The van der Waals surface area contributed by atoms with Crippen LogP contribution in [0.15, 0.2) is 0 Å². The molecule has 21 heavy (non-hydrogen) atoms. The van der Waals surface area contributed by atoms with Gasteiger partial charge in [0.15, 0.2) is 0 Å². The Morgan fingerprint density at radius 3 is 2.38 bits per heavy atom. The van der Waals surface area contributed by atoms with Crippen molar-refractivity contribution < 1.29 is 4.74 Å². The van der Waals surface area contributed by atoms with Gasteiger partial charge in [-0.3, -0.25) is 4.90 Å². The average Bonchev–Trinajstić information content (AvgIpc) is 3.20. The van der Waals surface area contributed by atoms with Crippen molar-refractivity contribution in [2.24, 2.45) is 5.92 Å².